The van der Waals surface area contributed by atoms with E-state index in [9.17, 15) is 19.2 Å². The molecule has 0 bridgehead atoms. The van der Waals surface area contributed by atoms with Gasteiger partial charge in [0.15, 0.2) is 5.58 Å². The van der Waals surface area contributed by atoms with Crippen molar-refractivity contribution in [1.29, 1.82) is 0 Å². The fraction of sp³-hybridized carbons (Fsp3) is 0.395. The van der Waals surface area contributed by atoms with Gasteiger partial charge in [0, 0.05) is 30.6 Å². The van der Waals surface area contributed by atoms with Gasteiger partial charge < -0.3 is 44.7 Å². The molecule has 4 amide bonds. The van der Waals surface area contributed by atoms with E-state index in [0.717, 1.165) is 65.1 Å². The average Bonchev–Trinajstić information content (AvgIpc) is 4.01. The number of aromatic amines is 2. The first kappa shape index (κ1) is 37.6. The summed E-state index contributed by atoms with van der Waals surface area (Å²) < 4.78 is 15.4. The first-order chi connectivity index (χ1) is 26.1. The maximum Gasteiger partial charge on any atom is 0.407 e. The number of carbonyl (C=O) groups excluding carboxylic acids is 4. The summed E-state index contributed by atoms with van der Waals surface area (Å²) in [6, 6.07) is 12.8. The monoisotopic (exact) mass is 739 g/mol. The van der Waals surface area contributed by atoms with E-state index in [1.807, 2.05) is 56.3 Å². The molecule has 6 rings (SSSR count). The summed E-state index contributed by atoms with van der Waals surface area (Å²) in [4.78, 5) is 70.7. The first-order valence-electron chi connectivity index (χ1n) is 18.0. The minimum absolute atomic E-state index is 0.112. The van der Waals surface area contributed by atoms with Gasteiger partial charge in [-0.3, -0.25) is 9.59 Å². The minimum atomic E-state index is -0.696. The second-order valence-electron chi connectivity index (χ2n) is 13.4. The highest BCUT2D eigenvalue weighted by Gasteiger charge is 2.37. The first-order valence-corrected chi connectivity index (χ1v) is 18.0. The van der Waals surface area contributed by atoms with E-state index in [1.54, 1.807) is 17.3 Å². The number of methoxy groups -OCH3 is 2. The zero-order chi connectivity index (χ0) is 38.2. The largest absolute Gasteiger partial charge is 0.453 e. The quantitative estimate of drug-likeness (QED) is 0.0950. The topological polar surface area (TPSA) is 209 Å². The number of nitrogens with zero attached hydrogens (tertiary/aromatic N) is 4. The van der Waals surface area contributed by atoms with Crippen LogP contribution in [0.1, 0.15) is 57.2 Å². The fourth-order valence-corrected chi connectivity index (χ4v) is 6.42. The predicted molar refractivity (Wildman–Crippen MR) is 199 cm³/mol. The zero-order valence-electron chi connectivity index (χ0n) is 30.7. The summed E-state index contributed by atoms with van der Waals surface area (Å²) in [7, 11) is 2.53. The van der Waals surface area contributed by atoms with Crippen LogP contribution in [-0.4, -0.2) is 93.7 Å². The number of nitrogens with one attached hydrogen (secondary N) is 5. The number of hydrogen-bond acceptors (Lipinski definition) is 10. The third-order valence-electron chi connectivity index (χ3n) is 9.35. The number of imidazole rings is 2. The number of fused-ring (bicyclic) bond motifs is 1. The van der Waals surface area contributed by atoms with Crippen molar-refractivity contribution in [2.45, 2.75) is 58.0 Å². The van der Waals surface area contributed by atoms with Crippen molar-refractivity contribution < 1.29 is 33.1 Å². The summed E-state index contributed by atoms with van der Waals surface area (Å²) in [6.45, 7) is 4.73. The molecule has 1 aliphatic heterocycles. The van der Waals surface area contributed by atoms with Crippen molar-refractivity contribution in [1.82, 2.24) is 45.8 Å². The van der Waals surface area contributed by atoms with E-state index >= 15 is 0 Å². The smallest absolute Gasteiger partial charge is 0.407 e. The van der Waals surface area contributed by atoms with Gasteiger partial charge in [0.2, 0.25) is 17.7 Å². The van der Waals surface area contributed by atoms with Gasteiger partial charge in [0.25, 0.3) is 0 Å². The maximum absolute atomic E-state index is 13.5. The number of carbonyl (C=O) groups is 4. The molecule has 1 aliphatic rings. The summed E-state index contributed by atoms with van der Waals surface area (Å²) >= 11 is 0. The molecule has 0 radical (unpaired) electrons. The van der Waals surface area contributed by atoms with E-state index in [0.29, 0.717) is 36.8 Å². The lowest BCUT2D eigenvalue weighted by molar-refractivity contribution is -0.135. The van der Waals surface area contributed by atoms with Crippen molar-refractivity contribution in [3.63, 3.8) is 0 Å². The lowest BCUT2D eigenvalue weighted by atomic mass is 10.0. The molecule has 5 N–H and O–H groups in total. The number of rotatable bonds is 14. The molecule has 16 nitrogen and oxygen atoms in total. The lowest BCUT2D eigenvalue weighted by Gasteiger charge is -2.30. The van der Waals surface area contributed by atoms with Gasteiger partial charge in [-0.2, -0.15) is 0 Å². The molecular formula is C38H45N9O7. The SMILES string of the molecule is COC(=O)NCC(=O)NCCCCc1ncc(-c2ccc3nc(-c4ccc(-c5cnc(C6CCCN6C(=O)C(NC(=O)OC)C(C)C)[nH]5)cc4)oc3c2)[nH]1. The van der Waals surface area contributed by atoms with Gasteiger partial charge in [0.1, 0.15) is 23.2 Å². The Morgan fingerprint density at radius 1 is 0.907 bits per heavy atom. The lowest BCUT2D eigenvalue weighted by Crippen LogP contribution is -2.51. The highest BCUT2D eigenvalue weighted by Crippen LogP contribution is 2.34. The number of aromatic nitrogens is 5. The number of benzene rings is 2. The van der Waals surface area contributed by atoms with Crippen LogP contribution in [0.25, 0.3) is 45.1 Å². The van der Waals surface area contributed by atoms with Gasteiger partial charge in [-0.25, -0.2) is 24.5 Å². The molecule has 5 aromatic rings. The third kappa shape index (κ3) is 8.87. The van der Waals surface area contributed by atoms with Crippen molar-refractivity contribution >= 4 is 35.1 Å². The minimum Gasteiger partial charge on any atom is -0.453 e. The van der Waals surface area contributed by atoms with Crippen LogP contribution >= 0.6 is 0 Å². The van der Waals surface area contributed by atoms with Gasteiger partial charge in [-0.1, -0.05) is 32.0 Å². The van der Waals surface area contributed by atoms with Crippen LogP contribution in [0.4, 0.5) is 9.59 Å². The van der Waals surface area contributed by atoms with Crippen LogP contribution in [0.2, 0.25) is 0 Å². The average molecular weight is 740 g/mol. The third-order valence-corrected chi connectivity index (χ3v) is 9.35. The van der Waals surface area contributed by atoms with Crippen molar-refractivity contribution in [2.75, 3.05) is 33.9 Å². The molecule has 0 aliphatic carbocycles. The van der Waals surface area contributed by atoms with E-state index in [-0.39, 0.29) is 30.3 Å². The molecule has 284 valence electrons. The fourth-order valence-electron chi connectivity index (χ4n) is 6.42. The summed E-state index contributed by atoms with van der Waals surface area (Å²) in [5.74, 6) is 1.50. The van der Waals surface area contributed by atoms with Gasteiger partial charge in [-0.05, 0) is 61.4 Å². The van der Waals surface area contributed by atoms with Crippen LogP contribution in [0, 0.1) is 5.92 Å². The Balaban J connectivity index is 1.05. The van der Waals surface area contributed by atoms with Crippen LogP contribution in [0.5, 0.6) is 0 Å². The highest BCUT2D eigenvalue weighted by molar-refractivity contribution is 5.86. The van der Waals surface area contributed by atoms with Crippen molar-refractivity contribution in [2.24, 2.45) is 5.92 Å². The molecule has 4 heterocycles. The number of oxazole rings is 1. The number of H-pyrrole nitrogens is 2. The molecule has 3 aromatic heterocycles. The van der Waals surface area contributed by atoms with E-state index < -0.39 is 18.2 Å². The van der Waals surface area contributed by atoms with Gasteiger partial charge >= 0.3 is 12.2 Å². The maximum atomic E-state index is 13.5. The van der Waals surface area contributed by atoms with Crippen LogP contribution in [0.15, 0.2) is 59.3 Å². The highest BCUT2D eigenvalue weighted by atomic mass is 16.5. The number of amides is 4. The Labute approximate surface area is 311 Å². The predicted octanol–water partition coefficient (Wildman–Crippen LogP) is 5.11. The molecule has 1 saturated heterocycles. The molecule has 2 aromatic carbocycles. The number of likely N-dealkylation sites (tertiary alicyclic amines) is 1. The Bertz CT molecular complexity index is 2090. The molecule has 2 atom stereocenters. The van der Waals surface area contributed by atoms with Crippen LogP contribution < -0.4 is 16.0 Å². The molecule has 2 unspecified atom stereocenters. The van der Waals surface area contributed by atoms with Crippen molar-refractivity contribution in [3.8, 4) is 34.0 Å². The van der Waals surface area contributed by atoms with E-state index in [1.165, 1.54) is 14.2 Å². The second-order valence-corrected chi connectivity index (χ2v) is 13.4. The Kier molecular flexibility index (Phi) is 11.9. The Morgan fingerprint density at radius 3 is 2.39 bits per heavy atom. The summed E-state index contributed by atoms with van der Waals surface area (Å²) in [5, 5.41) is 7.79. The number of hydrogen-bond donors (Lipinski definition) is 5. The van der Waals surface area contributed by atoms with Crippen LogP contribution in [0.3, 0.4) is 0 Å². The van der Waals surface area contributed by atoms with Gasteiger partial charge in [-0.15, -0.1) is 0 Å². The zero-order valence-corrected chi connectivity index (χ0v) is 30.7. The summed E-state index contributed by atoms with van der Waals surface area (Å²) in [5.41, 5.74) is 5.72. The molecule has 54 heavy (non-hydrogen) atoms. The number of alkyl carbamates (subject to hydrolysis) is 2. The summed E-state index contributed by atoms with van der Waals surface area (Å²) in [6.07, 6.45) is 6.19. The Morgan fingerprint density at radius 2 is 1.63 bits per heavy atom. The number of aryl methyl sites for hydroxylation is 1. The van der Waals surface area contributed by atoms with Crippen LogP contribution in [-0.2, 0) is 25.5 Å². The number of ether oxygens (including phenoxy) is 2. The second kappa shape index (κ2) is 17.1. The van der Waals surface area contributed by atoms with Crippen molar-refractivity contribution in [3.05, 3.63) is 66.5 Å². The van der Waals surface area contributed by atoms with E-state index in [4.69, 9.17) is 14.1 Å². The molecule has 0 saturated carbocycles. The molecule has 1 fully saturated rings. The van der Waals surface area contributed by atoms with E-state index in [2.05, 4.69) is 40.6 Å². The molecule has 16 heteroatoms. The van der Waals surface area contributed by atoms with Gasteiger partial charge in [0.05, 0.1) is 50.6 Å². The molecular weight excluding hydrogens is 694 g/mol. The number of unbranched alkanes of at least 4 members (excludes halogenated alkanes) is 1. The Hall–Kier alpha value is -6.19. The normalized spacial score (nSPS) is 14.6. The standard InChI is InChI=1S/C38H45N9O7/c1-22(2)33(46-38(51)53-4)36(49)47-17-7-8-29(47)34-41-20-27(44-34)23-10-12-24(13-11-23)35-45-26-15-14-25(18-30(26)54-35)28-19-40-31(43-28)9-5-6-16-39-32(48)21-42-37(50)52-3/h10-15,18-20,22,29,33H,5-9,16-17,21H2,1-4H3,(H,39,48)(H,40,43)(H,41,44)(H,42,50)(H,46,51). The molecule has 0 spiro atoms.